The van der Waals surface area contributed by atoms with Crippen molar-refractivity contribution >= 4 is 45.1 Å². The molecule has 4 aromatic carbocycles. The first-order valence-corrected chi connectivity index (χ1v) is 20.0. The predicted molar refractivity (Wildman–Crippen MR) is 207 cm³/mol. The van der Waals surface area contributed by atoms with Gasteiger partial charge in [0.25, 0.3) is 21.8 Å². The Hall–Kier alpha value is -6.26. The number of amides is 2. The fraction of sp³-hybridized carbons (Fsp3) is 0.200. The highest BCUT2D eigenvalue weighted by Crippen LogP contribution is 2.37. The summed E-state index contributed by atoms with van der Waals surface area (Å²) >= 11 is 1.42. The molecule has 2 heterocycles. The van der Waals surface area contributed by atoms with E-state index in [0.29, 0.717) is 17.4 Å². The molecule has 0 aliphatic carbocycles. The van der Waals surface area contributed by atoms with Gasteiger partial charge in [0.2, 0.25) is 0 Å². The van der Waals surface area contributed by atoms with E-state index in [1.807, 2.05) is 30.3 Å². The number of benzene rings is 4. The number of sulfonamides is 1. The third-order valence-corrected chi connectivity index (χ3v) is 11.1. The lowest BCUT2D eigenvalue weighted by molar-refractivity contribution is -0.138. The van der Waals surface area contributed by atoms with Crippen LogP contribution in [0.2, 0.25) is 0 Å². The summed E-state index contributed by atoms with van der Waals surface area (Å²) in [6, 6.07) is 22.8. The highest BCUT2D eigenvalue weighted by Gasteiger charge is 2.36. The fourth-order valence-corrected chi connectivity index (χ4v) is 7.61. The monoisotopic (exact) mass is 854 g/mol. The molecule has 0 atom stereocenters. The molecule has 1 aromatic heterocycles. The number of nitrogens with zero attached hydrogens (tertiary/aromatic N) is 4. The summed E-state index contributed by atoms with van der Waals surface area (Å²) in [7, 11) is -4.79. The van der Waals surface area contributed by atoms with Gasteiger partial charge in [-0.05, 0) is 78.9 Å². The Labute approximate surface area is 338 Å². The Morgan fingerprint density at radius 1 is 0.780 bits per heavy atom. The van der Waals surface area contributed by atoms with Crippen LogP contribution in [-0.2, 0) is 22.4 Å². The van der Waals surface area contributed by atoms with Gasteiger partial charge in [0, 0.05) is 65.7 Å². The SMILES string of the molecule is O=C(NS(=O)(=O)c1ccc(NCCSc2ccccc2)c(C(F)(F)F)c1)c1ccc(N2CCN(C(=O)c3cc(C#Cc4cccc(O)c4)cc(C(F)(F)F)c3)CC2)nn1. The molecule has 3 N–H and O–H groups in total. The van der Waals surface area contributed by atoms with Crippen LogP contribution in [0.25, 0.3) is 0 Å². The number of aromatic nitrogens is 2. The second-order valence-electron chi connectivity index (χ2n) is 12.9. The number of phenols is 1. The van der Waals surface area contributed by atoms with Crippen LogP contribution in [0, 0.1) is 11.8 Å². The van der Waals surface area contributed by atoms with Crippen molar-refractivity contribution in [3.05, 3.63) is 137 Å². The summed E-state index contributed by atoms with van der Waals surface area (Å²) in [5.74, 6) is 3.98. The van der Waals surface area contributed by atoms with Crippen molar-refractivity contribution < 1.29 is 49.5 Å². The summed E-state index contributed by atoms with van der Waals surface area (Å²) < 4.78 is 111. The van der Waals surface area contributed by atoms with Gasteiger partial charge in [0.15, 0.2) is 11.5 Å². The van der Waals surface area contributed by atoms with Crippen molar-refractivity contribution in [2.45, 2.75) is 22.1 Å². The number of carbonyl (C=O) groups excluding carboxylic acids is 2. The average molecular weight is 855 g/mol. The minimum atomic E-state index is -4.92. The molecule has 0 unspecified atom stereocenters. The van der Waals surface area contributed by atoms with Crippen molar-refractivity contribution in [1.29, 1.82) is 0 Å². The number of phenolic OH excluding ortho intramolecular Hbond substituents is 1. The number of piperazine rings is 1. The van der Waals surface area contributed by atoms with Gasteiger partial charge >= 0.3 is 12.4 Å². The standard InChI is InChI=1S/C40H32F6N6O5S2/c41-39(42,43)29-22-27(10-9-26-5-4-6-30(53)23-26)21-28(24-29)38(55)52-18-16-51(17-19-52)36-14-13-35(48-49-36)37(54)50-59(56,57)32-11-12-34(33(25-32)40(44,45)46)47-15-20-58-31-7-2-1-3-8-31/h1-8,11-14,21-25,47,53H,15-20H2,(H,50,54). The summed E-state index contributed by atoms with van der Waals surface area (Å²) in [5.41, 5.74) is -3.01. The van der Waals surface area contributed by atoms with Crippen LogP contribution in [0.4, 0.5) is 37.8 Å². The van der Waals surface area contributed by atoms with E-state index in [9.17, 15) is 49.5 Å². The molecule has 5 aromatic rings. The van der Waals surface area contributed by atoms with Gasteiger partial charge in [-0.25, -0.2) is 13.1 Å². The van der Waals surface area contributed by atoms with E-state index in [1.165, 1.54) is 47.0 Å². The van der Waals surface area contributed by atoms with E-state index in [2.05, 4.69) is 27.4 Å². The Kier molecular flexibility index (Phi) is 12.7. The molecule has 19 heteroatoms. The minimum Gasteiger partial charge on any atom is -0.508 e. The van der Waals surface area contributed by atoms with Gasteiger partial charge in [-0.1, -0.05) is 36.1 Å². The van der Waals surface area contributed by atoms with Crippen LogP contribution in [-0.4, -0.2) is 78.9 Å². The molecule has 306 valence electrons. The van der Waals surface area contributed by atoms with Crippen molar-refractivity contribution in [1.82, 2.24) is 19.8 Å². The molecule has 0 bridgehead atoms. The number of hydrogen-bond acceptors (Lipinski definition) is 10. The van der Waals surface area contributed by atoms with Crippen LogP contribution in [0.3, 0.4) is 0 Å². The topological polar surface area (TPSA) is 145 Å². The molecule has 1 saturated heterocycles. The number of halogens is 6. The number of aromatic hydroxyl groups is 1. The Balaban J connectivity index is 1.07. The minimum absolute atomic E-state index is 0.0568. The number of thioether (sulfide) groups is 1. The zero-order valence-corrected chi connectivity index (χ0v) is 32.1. The third-order valence-electron chi connectivity index (χ3n) is 8.74. The number of hydrogen-bond donors (Lipinski definition) is 3. The number of carbonyl (C=O) groups is 2. The molecule has 1 aliphatic rings. The zero-order valence-electron chi connectivity index (χ0n) is 30.5. The smallest absolute Gasteiger partial charge is 0.418 e. The molecule has 11 nitrogen and oxygen atoms in total. The number of rotatable bonds is 10. The Morgan fingerprint density at radius 3 is 2.17 bits per heavy atom. The highest BCUT2D eigenvalue weighted by atomic mass is 32.2. The lowest BCUT2D eigenvalue weighted by Crippen LogP contribution is -2.49. The van der Waals surface area contributed by atoms with Gasteiger partial charge in [0.05, 0.1) is 16.0 Å². The molecular formula is C40H32F6N6O5S2. The molecule has 2 amide bonds. The van der Waals surface area contributed by atoms with Gasteiger partial charge < -0.3 is 20.2 Å². The second-order valence-corrected chi connectivity index (χ2v) is 15.7. The van der Waals surface area contributed by atoms with Crippen LogP contribution in [0.1, 0.15) is 43.1 Å². The van der Waals surface area contributed by atoms with E-state index in [1.54, 1.807) is 15.7 Å². The maximum absolute atomic E-state index is 14.0. The van der Waals surface area contributed by atoms with Gasteiger partial charge in [0.1, 0.15) is 5.75 Å². The maximum Gasteiger partial charge on any atom is 0.418 e. The second kappa shape index (κ2) is 17.7. The highest BCUT2D eigenvalue weighted by molar-refractivity contribution is 7.99. The van der Waals surface area contributed by atoms with E-state index in [0.717, 1.165) is 35.2 Å². The van der Waals surface area contributed by atoms with Crippen molar-refractivity contribution in [3.8, 4) is 17.6 Å². The van der Waals surface area contributed by atoms with E-state index in [-0.39, 0.29) is 61.1 Å². The molecule has 6 rings (SSSR count). The lowest BCUT2D eigenvalue weighted by Gasteiger charge is -2.35. The normalized spacial score (nSPS) is 13.3. The lowest BCUT2D eigenvalue weighted by atomic mass is 10.0. The van der Waals surface area contributed by atoms with Crippen LogP contribution < -0.4 is 14.9 Å². The van der Waals surface area contributed by atoms with E-state index < -0.39 is 55.9 Å². The number of nitrogens with one attached hydrogen (secondary N) is 2. The Bertz CT molecular complexity index is 2500. The molecule has 0 saturated carbocycles. The summed E-state index contributed by atoms with van der Waals surface area (Å²) in [4.78, 5) is 29.4. The van der Waals surface area contributed by atoms with Gasteiger partial charge in [-0.15, -0.1) is 22.0 Å². The zero-order chi connectivity index (χ0) is 42.4. The molecule has 0 spiro atoms. The van der Waals surface area contributed by atoms with E-state index in [4.69, 9.17) is 0 Å². The van der Waals surface area contributed by atoms with Crippen molar-refractivity contribution in [2.24, 2.45) is 0 Å². The Morgan fingerprint density at radius 2 is 1.51 bits per heavy atom. The fourth-order valence-electron chi connectivity index (χ4n) is 5.83. The van der Waals surface area contributed by atoms with Crippen molar-refractivity contribution in [3.63, 3.8) is 0 Å². The number of alkyl halides is 6. The van der Waals surface area contributed by atoms with Gasteiger partial charge in [-0.3, -0.25) is 9.59 Å². The summed E-state index contributed by atoms with van der Waals surface area (Å²) in [6.45, 7) is 0.628. The van der Waals surface area contributed by atoms with E-state index >= 15 is 0 Å². The maximum atomic E-state index is 14.0. The predicted octanol–water partition coefficient (Wildman–Crippen LogP) is 6.90. The van der Waals surface area contributed by atoms with Crippen LogP contribution in [0.15, 0.2) is 113 Å². The molecule has 0 radical (unpaired) electrons. The quantitative estimate of drug-likeness (QED) is 0.0587. The number of anilines is 2. The first kappa shape index (κ1) is 42.3. The van der Waals surface area contributed by atoms with Crippen LogP contribution >= 0.6 is 11.8 Å². The average Bonchev–Trinajstić information content (AvgIpc) is 3.21. The molecule has 1 fully saturated rings. The third kappa shape index (κ3) is 11.0. The van der Waals surface area contributed by atoms with Gasteiger partial charge in [-0.2, -0.15) is 26.3 Å². The first-order valence-electron chi connectivity index (χ1n) is 17.6. The van der Waals surface area contributed by atoms with Crippen LogP contribution in [0.5, 0.6) is 5.75 Å². The molecule has 1 aliphatic heterocycles. The largest absolute Gasteiger partial charge is 0.508 e. The summed E-state index contributed by atoms with van der Waals surface area (Å²) in [6.07, 6.45) is -9.68. The van der Waals surface area contributed by atoms with Crippen molar-refractivity contribution in [2.75, 3.05) is 48.7 Å². The summed E-state index contributed by atoms with van der Waals surface area (Å²) in [5, 5.41) is 20.1. The first-order chi connectivity index (χ1) is 28.0. The molecular weight excluding hydrogens is 823 g/mol. The molecule has 59 heavy (non-hydrogen) atoms.